The molecule has 2 aromatic carbocycles. The van der Waals surface area contributed by atoms with E-state index in [1.165, 1.54) is 6.07 Å². The van der Waals surface area contributed by atoms with Gasteiger partial charge in [-0.25, -0.2) is 4.39 Å². The summed E-state index contributed by atoms with van der Waals surface area (Å²) in [6.07, 6.45) is 0. The van der Waals surface area contributed by atoms with Crippen molar-refractivity contribution in [2.75, 3.05) is 0 Å². The molecule has 0 heterocycles. The molecule has 0 atom stereocenters. The monoisotopic (exact) mass is 231 g/mol. The molecule has 2 nitrogen and oxygen atoms in total. The highest BCUT2D eigenvalue weighted by Crippen LogP contribution is 2.24. The molecule has 0 unspecified atom stereocenters. The van der Waals surface area contributed by atoms with Gasteiger partial charge >= 0.3 is 0 Å². The van der Waals surface area contributed by atoms with Gasteiger partial charge in [-0.1, -0.05) is 24.3 Å². The van der Waals surface area contributed by atoms with E-state index in [9.17, 15) is 4.39 Å². The molecule has 0 fully saturated rings. The summed E-state index contributed by atoms with van der Waals surface area (Å²) in [4.78, 5) is 0. The summed E-state index contributed by atoms with van der Waals surface area (Å²) in [5.41, 5.74) is 8.46. The molecule has 0 radical (unpaired) electrons. The zero-order valence-corrected chi connectivity index (χ0v) is 9.36. The van der Waals surface area contributed by atoms with Crippen molar-refractivity contribution in [3.63, 3.8) is 0 Å². The first kappa shape index (κ1) is 11.8. The molecule has 88 valence electrons. The normalized spacial score (nSPS) is 10.5. The Labute approximate surface area is 99.5 Å². The van der Waals surface area contributed by atoms with Gasteiger partial charge in [0.15, 0.2) is 0 Å². The van der Waals surface area contributed by atoms with Crippen molar-refractivity contribution in [3.05, 3.63) is 59.4 Å². The molecule has 17 heavy (non-hydrogen) atoms. The van der Waals surface area contributed by atoms with E-state index in [0.29, 0.717) is 12.1 Å². The number of benzene rings is 2. The van der Waals surface area contributed by atoms with E-state index in [1.54, 1.807) is 30.3 Å². The SMILES string of the molecule is NCc1ccc(F)c(-c2cccc(CO)c2)c1. The van der Waals surface area contributed by atoms with Crippen LogP contribution >= 0.6 is 0 Å². The van der Waals surface area contributed by atoms with Crippen LogP contribution in [0.3, 0.4) is 0 Å². The Kier molecular flexibility index (Phi) is 3.52. The highest BCUT2D eigenvalue weighted by Gasteiger charge is 2.06. The highest BCUT2D eigenvalue weighted by atomic mass is 19.1. The minimum Gasteiger partial charge on any atom is -0.392 e. The first-order chi connectivity index (χ1) is 8.24. The van der Waals surface area contributed by atoms with Gasteiger partial charge in [0.1, 0.15) is 5.82 Å². The summed E-state index contributed by atoms with van der Waals surface area (Å²) in [5.74, 6) is -0.280. The van der Waals surface area contributed by atoms with Crippen LogP contribution in [0.5, 0.6) is 0 Å². The van der Waals surface area contributed by atoms with Crippen molar-refractivity contribution in [2.45, 2.75) is 13.2 Å². The van der Waals surface area contributed by atoms with Crippen LogP contribution in [0.15, 0.2) is 42.5 Å². The number of hydrogen-bond acceptors (Lipinski definition) is 2. The lowest BCUT2D eigenvalue weighted by Crippen LogP contribution is -1.97. The maximum Gasteiger partial charge on any atom is 0.131 e. The topological polar surface area (TPSA) is 46.2 Å². The molecule has 3 N–H and O–H groups in total. The summed E-state index contributed by atoms with van der Waals surface area (Å²) in [5, 5.41) is 9.07. The quantitative estimate of drug-likeness (QED) is 0.852. The van der Waals surface area contributed by atoms with E-state index >= 15 is 0 Å². The van der Waals surface area contributed by atoms with Gasteiger partial charge in [0, 0.05) is 12.1 Å². The summed E-state index contributed by atoms with van der Waals surface area (Å²) in [6.45, 7) is 0.332. The Bertz CT molecular complexity index is 525. The molecule has 0 saturated carbocycles. The Hall–Kier alpha value is -1.71. The highest BCUT2D eigenvalue weighted by molar-refractivity contribution is 5.65. The molecule has 0 saturated heterocycles. The maximum absolute atomic E-state index is 13.7. The molecule has 0 aromatic heterocycles. The van der Waals surface area contributed by atoms with E-state index in [0.717, 1.165) is 16.7 Å². The van der Waals surface area contributed by atoms with Crippen molar-refractivity contribution in [2.24, 2.45) is 5.73 Å². The van der Waals surface area contributed by atoms with E-state index in [1.807, 2.05) is 6.07 Å². The average Bonchev–Trinajstić information content (AvgIpc) is 2.39. The zero-order chi connectivity index (χ0) is 12.3. The number of rotatable bonds is 3. The Morgan fingerprint density at radius 1 is 1.06 bits per heavy atom. The molecule has 0 bridgehead atoms. The third-order valence-electron chi connectivity index (χ3n) is 2.69. The smallest absolute Gasteiger partial charge is 0.131 e. The van der Waals surface area contributed by atoms with Gasteiger partial charge < -0.3 is 10.8 Å². The van der Waals surface area contributed by atoms with Crippen LogP contribution in [0.2, 0.25) is 0 Å². The molecule has 2 aromatic rings. The standard InChI is InChI=1S/C14H14FNO/c15-14-5-4-10(8-16)7-13(14)12-3-1-2-11(6-12)9-17/h1-7,17H,8-9,16H2. The van der Waals surface area contributed by atoms with Crippen molar-refractivity contribution >= 4 is 0 Å². The molecule has 0 aliphatic heterocycles. The summed E-state index contributed by atoms with van der Waals surface area (Å²) < 4.78 is 13.7. The van der Waals surface area contributed by atoms with Crippen LogP contribution < -0.4 is 5.73 Å². The summed E-state index contributed by atoms with van der Waals surface area (Å²) in [7, 11) is 0. The minimum absolute atomic E-state index is 0.0496. The molecule has 0 aliphatic rings. The molecule has 3 heteroatoms. The van der Waals surface area contributed by atoms with Gasteiger partial charge in [0.25, 0.3) is 0 Å². The van der Waals surface area contributed by atoms with Gasteiger partial charge in [-0.05, 0) is 34.9 Å². The maximum atomic E-state index is 13.7. The summed E-state index contributed by atoms with van der Waals surface area (Å²) >= 11 is 0. The second-order valence-corrected chi connectivity index (χ2v) is 3.88. The van der Waals surface area contributed by atoms with Gasteiger partial charge in [-0.3, -0.25) is 0 Å². The molecular weight excluding hydrogens is 217 g/mol. The number of aliphatic hydroxyl groups excluding tert-OH is 1. The molecule has 0 amide bonds. The van der Waals surface area contributed by atoms with Crippen LogP contribution in [0.1, 0.15) is 11.1 Å². The average molecular weight is 231 g/mol. The van der Waals surface area contributed by atoms with Crippen LogP contribution in [0, 0.1) is 5.82 Å². The molecule has 0 spiro atoms. The predicted octanol–water partition coefficient (Wildman–Crippen LogP) is 2.44. The third kappa shape index (κ3) is 2.52. The van der Waals surface area contributed by atoms with E-state index in [-0.39, 0.29) is 12.4 Å². The van der Waals surface area contributed by atoms with Crippen LogP contribution in [0.25, 0.3) is 11.1 Å². The Morgan fingerprint density at radius 3 is 2.59 bits per heavy atom. The number of hydrogen-bond donors (Lipinski definition) is 2. The minimum atomic E-state index is -0.280. The van der Waals surface area contributed by atoms with E-state index < -0.39 is 0 Å². The van der Waals surface area contributed by atoms with Crippen molar-refractivity contribution in [1.82, 2.24) is 0 Å². The van der Waals surface area contributed by atoms with E-state index in [4.69, 9.17) is 10.8 Å². The van der Waals surface area contributed by atoms with Gasteiger partial charge in [0.2, 0.25) is 0 Å². The molecule has 2 rings (SSSR count). The van der Waals surface area contributed by atoms with Gasteiger partial charge in [-0.15, -0.1) is 0 Å². The first-order valence-corrected chi connectivity index (χ1v) is 5.43. The number of nitrogens with two attached hydrogens (primary N) is 1. The van der Waals surface area contributed by atoms with Gasteiger partial charge in [-0.2, -0.15) is 0 Å². The van der Waals surface area contributed by atoms with Gasteiger partial charge in [0.05, 0.1) is 6.61 Å². The van der Waals surface area contributed by atoms with Crippen LogP contribution in [-0.2, 0) is 13.2 Å². The second kappa shape index (κ2) is 5.08. The Morgan fingerprint density at radius 2 is 1.88 bits per heavy atom. The lowest BCUT2D eigenvalue weighted by molar-refractivity contribution is 0.282. The van der Waals surface area contributed by atoms with Crippen LogP contribution in [-0.4, -0.2) is 5.11 Å². The number of halogens is 1. The summed E-state index contributed by atoms with van der Waals surface area (Å²) in [6, 6.07) is 12.0. The molecular formula is C14H14FNO. The lowest BCUT2D eigenvalue weighted by atomic mass is 10.0. The lowest BCUT2D eigenvalue weighted by Gasteiger charge is -2.07. The molecule has 0 aliphatic carbocycles. The fourth-order valence-electron chi connectivity index (χ4n) is 1.76. The number of aliphatic hydroxyl groups is 1. The fourth-order valence-corrected chi connectivity index (χ4v) is 1.76. The van der Waals surface area contributed by atoms with E-state index in [2.05, 4.69) is 0 Å². The Balaban J connectivity index is 2.50. The first-order valence-electron chi connectivity index (χ1n) is 5.43. The second-order valence-electron chi connectivity index (χ2n) is 3.88. The van der Waals surface area contributed by atoms with Crippen LogP contribution in [0.4, 0.5) is 4.39 Å². The zero-order valence-electron chi connectivity index (χ0n) is 9.36. The van der Waals surface area contributed by atoms with Crippen molar-refractivity contribution < 1.29 is 9.50 Å². The predicted molar refractivity (Wildman–Crippen MR) is 65.7 cm³/mol. The third-order valence-corrected chi connectivity index (χ3v) is 2.69. The fraction of sp³-hybridized carbons (Fsp3) is 0.143. The van der Waals surface area contributed by atoms with Crippen molar-refractivity contribution in [1.29, 1.82) is 0 Å². The largest absolute Gasteiger partial charge is 0.392 e. The van der Waals surface area contributed by atoms with Crippen molar-refractivity contribution in [3.8, 4) is 11.1 Å².